The number of hydrazone groups is 2. The number of amides is 1. The third-order valence-electron chi connectivity index (χ3n) is 3.62. The molecule has 0 unspecified atom stereocenters. The zero-order chi connectivity index (χ0) is 15.2. The van der Waals surface area contributed by atoms with Crippen LogP contribution >= 0.6 is 0 Å². The Bertz CT molecular complexity index is 524. The number of para-hydroxylation sites is 1. The van der Waals surface area contributed by atoms with Crippen LogP contribution in [0.3, 0.4) is 0 Å². The quantitative estimate of drug-likeness (QED) is 0.615. The van der Waals surface area contributed by atoms with Gasteiger partial charge in [-0.1, -0.05) is 12.1 Å². The van der Waals surface area contributed by atoms with E-state index in [9.17, 15) is 4.79 Å². The number of likely N-dealkylation sites (tertiary alicyclic amines) is 1. The van der Waals surface area contributed by atoms with Crippen LogP contribution in [-0.4, -0.2) is 50.5 Å². The Morgan fingerprint density at radius 1 is 1.38 bits per heavy atom. The first-order chi connectivity index (χ1) is 10.2. The second-order valence-corrected chi connectivity index (χ2v) is 4.84. The number of carbonyl (C=O) groups is 1. The number of rotatable bonds is 5. The van der Waals surface area contributed by atoms with Crippen LogP contribution in [0.2, 0.25) is 0 Å². The average molecular weight is 288 g/mol. The third kappa shape index (κ3) is 3.28. The van der Waals surface area contributed by atoms with Gasteiger partial charge in [0.05, 0.1) is 17.4 Å². The van der Waals surface area contributed by atoms with Crippen LogP contribution in [0.15, 0.2) is 34.5 Å². The summed E-state index contributed by atoms with van der Waals surface area (Å²) in [5, 5.41) is 8.76. The van der Waals surface area contributed by atoms with Gasteiger partial charge in [-0.3, -0.25) is 4.79 Å². The van der Waals surface area contributed by atoms with E-state index in [1.807, 2.05) is 12.1 Å². The Hall–Kier alpha value is -2.21. The molecule has 0 aliphatic carbocycles. The molecule has 1 amide bonds. The van der Waals surface area contributed by atoms with E-state index in [1.54, 1.807) is 24.1 Å². The minimum Gasteiger partial charge on any atom is -0.380 e. The Morgan fingerprint density at radius 2 is 2.10 bits per heavy atom. The second-order valence-electron chi connectivity index (χ2n) is 4.84. The maximum Gasteiger partial charge on any atom is 0.256 e. The molecule has 1 aromatic carbocycles. The number of ether oxygens (including phenoxy) is 1. The number of anilines is 1. The van der Waals surface area contributed by atoms with Crippen molar-refractivity contribution in [1.29, 1.82) is 0 Å². The molecule has 0 bridgehead atoms. The SMILES string of the molecule is C=NN(N=C)c1ccccc1C(=O)N1CCC[C@@H](OC)C1. The first-order valence-electron chi connectivity index (χ1n) is 6.85. The van der Waals surface area contributed by atoms with Crippen molar-refractivity contribution in [3.05, 3.63) is 29.8 Å². The van der Waals surface area contributed by atoms with Gasteiger partial charge < -0.3 is 9.64 Å². The van der Waals surface area contributed by atoms with Gasteiger partial charge in [0.15, 0.2) is 0 Å². The highest BCUT2D eigenvalue weighted by molar-refractivity contribution is 5.99. The summed E-state index contributed by atoms with van der Waals surface area (Å²) in [6.45, 7) is 8.22. The van der Waals surface area contributed by atoms with Crippen molar-refractivity contribution in [3.63, 3.8) is 0 Å². The molecular formula is C15H20N4O2. The number of benzene rings is 1. The van der Waals surface area contributed by atoms with Crippen molar-refractivity contribution in [2.75, 3.05) is 25.3 Å². The summed E-state index contributed by atoms with van der Waals surface area (Å²) in [5.41, 5.74) is 1.11. The summed E-state index contributed by atoms with van der Waals surface area (Å²) in [7, 11) is 1.68. The van der Waals surface area contributed by atoms with E-state index >= 15 is 0 Å². The molecule has 1 aliphatic rings. The predicted molar refractivity (Wildman–Crippen MR) is 84.0 cm³/mol. The fourth-order valence-electron chi connectivity index (χ4n) is 2.51. The Morgan fingerprint density at radius 3 is 2.76 bits per heavy atom. The smallest absolute Gasteiger partial charge is 0.256 e. The van der Waals surface area contributed by atoms with Crippen LogP contribution in [0.5, 0.6) is 0 Å². The molecule has 1 atom stereocenters. The van der Waals surface area contributed by atoms with E-state index < -0.39 is 0 Å². The van der Waals surface area contributed by atoms with E-state index in [4.69, 9.17) is 4.74 Å². The van der Waals surface area contributed by atoms with Crippen molar-refractivity contribution < 1.29 is 9.53 Å². The standard InChI is InChI=1S/C15H20N4O2/c1-16-19(17-2)14-9-5-4-8-13(14)15(20)18-10-6-7-12(11-18)21-3/h4-5,8-9,12H,1-2,6-7,10-11H2,3H3/t12-/m1/s1. The first kappa shape index (κ1) is 15.2. The van der Waals surface area contributed by atoms with Crippen molar-refractivity contribution in [2.24, 2.45) is 10.2 Å². The van der Waals surface area contributed by atoms with Crippen LogP contribution in [0.1, 0.15) is 23.2 Å². The molecule has 0 N–H and O–H groups in total. The molecule has 1 heterocycles. The maximum absolute atomic E-state index is 12.7. The molecule has 6 heteroatoms. The van der Waals surface area contributed by atoms with Crippen LogP contribution in [0.25, 0.3) is 0 Å². The molecular weight excluding hydrogens is 268 g/mol. The molecule has 1 saturated heterocycles. The largest absolute Gasteiger partial charge is 0.380 e. The zero-order valence-electron chi connectivity index (χ0n) is 12.2. The fourth-order valence-corrected chi connectivity index (χ4v) is 2.51. The van der Waals surface area contributed by atoms with Crippen molar-refractivity contribution in [2.45, 2.75) is 18.9 Å². The lowest BCUT2D eigenvalue weighted by molar-refractivity contribution is 0.0269. The second kappa shape index (κ2) is 6.99. The summed E-state index contributed by atoms with van der Waals surface area (Å²) in [6, 6.07) is 7.17. The number of piperidine rings is 1. The van der Waals surface area contributed by atoms with Gasteiger partial charge in [0.1, 0.15) is 0 Å². The molecule has 2 rings (SSSR count). The highest BCUT2D eigenvalue weighted by atomic mass is 16.5. The van der Waals surface area contributed by atoms with Gasteiger partial charge in [-0.15, -0.1) is 0 Å². The van der Waals surface area contributed by atoms with E-state index in [0.717, 1.165) is 19.4 Å². The number of nitrogens with zero attached hydrogens (tertiary/aromatic N) is 4. The summed E-state index contributed by atoms with van der Waals surface area (Å²) in [6.07, 6.45) is 2.02. The molecule has 21 heavy (non-hydrogen) atoms. The van der Waals surface area contributed by atoms with E-state index in [1.165, 1.54) is 5.12 Å². The molecule has 0 saturated carbocycles. The predicted octanol–water partition coefficient (Wildman–Crippen LogP) is 1.98. The minimum absolute atomic E-state index is 0.0512. The van der Waals surface area contributed by atoms with Crippen molar-refractivity contribution >= 4 is 25.0 Å². The van der Waals surface area contributed by atoms with Crippen LogP contribution < -0.4 is 5.12 Å². The fraction of sp³-hybridized carbons (Fsp3) is 0.400. The van der Waals surface area contributed by atoms with Crippen LogP contribution in [-0.2, 0) is 4.74 Å². The molecule has 6 nitrogen and oxygen atoms in total. The third-order valence-corrected chi connectivity index (χ3v) is 3.62. The Balaban J connectivity index is 2.26. The number of carbonyl (C=O) groups excluding carboxylic acids is 1. The summed E-state index contributed by atoms with van der Waals surface area (Å²) < 4.78 is 5.37. The molecule has 1 aromatic rings. The number of methoxy groups -OCH3 is 1. The lowest BCUT2D eigenvalue weighted by Crippen LogP contribution is -2.43. The van der Waals surface area contributed by atoms with Crippen LogP contribution in [0.4, 0.5) is 5.69 Å². The van der Waals surface area contributed by atoms with E-state index in [2.05, 4.69) is 23.6 Å². The minimum atomic E-state index is -0.0512. The molecule has 0 radical (unpaired) electrons. The van der Waals surface area contributed by atoms with Gasteiger partial charge in [0, 0.05) is 33.6 Å². The van der Waals surface area contributed by atoms with Gasteiger partial charge in [-0.2, -0.15) is 15.3 Å². The lowest BCUT2D eigenvalue weighted by atomic mass is 10.1. The topological polar surface area (TPSA) is 57.5 Å². The highest BCUT2D eigenvalue weighted by Gasteiger charge is 2.26. The summed E-state index contributed by atoms with van der Waals surface area (Å²) in [4.78, 5) is 14.5. The monoisotopic (exact) mass is 288 g/mol. The molecule has 1 fully saturated rings. The van der Waals surface area contributed by atoms with E-state index in [0.29, 0.717) is 17.8 Å². The van der Waals surface area contributed by atoms with Gasteiger partial charge in [0.2, 0.25) is 0 Å². The number of hydrogen-bond donors (Lipinski definition) is 0. The normalized spacial score (nSPS) is 18.1. The average Bonchev–Trinajstić information content (AvgIpc) is 2.56. The lowest BCUT2D eigenvalue weighted by Gasteiger charge is -2.32. The summed E-state index contributed by atoms with van der Waals surface area (Å²) in [5.74, 6) is -0.0512. The molecule has 1 aliphatic heterocycles. The van der Waals surface area contributed by atoms with Gasteiger partial charge in [0.25, 0.3) is 5.91 Å². The Labute approximate surface area is 124 Å². The van der Waals surface area contributed by atoms with E-state index in [-0.39, 0.29) is 12.0 Å². The van der Waals surface area contributed by atoms with Gasteiger partial charge >= 0.3 is 0 Å². The zero-order valence-corrected chi connectivity index (χ0v) is 12.2. The maximum atomic E-state index is 12.7. The van der Waals surface area contributed by atoms with Gasteiger partial charge in [-0.25, -0.2) is 0 Å². The molecule has 0 aromatic heterocycles. The van der Waals surface area contributed by atoms with Crippen molar-refractivity contribution in [1.82, 2.24) is 4.90 Å². The number of hydrogen-bond acceptors (Lipinski definition) is 5. The van der Waals surface area contributed by atoms with Crippen LogP contribution in [0, 0.1) is 0 Å². The first-order valence-corrected chi connectivity index (χ1v) is 6.85. The summed E-state index contributed by atoms with van der Waals surface area (Å²) >= 11 is 0. The van der Waals surface area contributed by atoms with Gasteiger partial charge in [-0.05, 0) is 25.0 Å². The molecule has 0 spiro atoms. The Kier molecular flexibility index (Phi) is 5.05. The highest BCUT2D eigenvalue weighted by Crippen LogP contribution is 2.24. The molecule has 112 valence electrons. The van der Waals surface area contributed by atoms with Crippen molar-refractivity contribution in [3.8, 4) is 0 Å².